The molecule has 1 aromatic carbocycles. The molecule has 0 spiro atoms. The maximum atomic E-state index is 13.8. The van der Waals surface area contributed by atoms with Gasteiger partial charge in [-0.05, 0) is 98.2 Å². The summed E-state index contributed by atoms with van der Waals surface area (Å²) in [4.78, 5) is 29.1. The minimum absolute atomic E-state index is 0.247. The first-order valence-corrected chi connectivity index (χ1v) is 14.8. The molecule has 1 aromatic rings. The highest BCUT2D eigenvalue weighted by molar-refractivity contribution is 6.45. The van der Waals surface area contributed by atoms with Gasteiger partial charge in [0, 0.05) is 5.41 Å². The minimum Gasteiger partial charge on any atom is -0.497 e. The number of methoxy groups -OCH3 is 2. The normalized spacial score (nSPS) is 28.5. The summed E-state index contributed by atoms with van der Waals surface area (Å²) in [7, 11) is 2.69. The standard InChI is InChI=1S/C31H48BNO8/c1-27(2,3)39-26(35)33-20-24(38-21-22-12-14-23(36-8)15-13-22)30(16-10-18-31(30,33)25(34)37-9)17-11-19-32-40-28(4,5)29(6,7)41-32/h12-15,24H,10-11,16-21H2,1-9H3/t24?,30-,31-/m1/s1. The summed E-state index contributed by atoms with van der Waals surface area (Å²) in [5.74, 6) is 0.359. The van der Waals surface area contributed by atoms with E-state index in [0.29, 0.717) is 25.8 Å². The topological polar surface area (TPSA) is 92.8 Å². The SMILES string of the molecule is COC(=O)[C@]12CCC[C@@]1(CCCB1OC(C)(C)C(C)(C)O1)C(OCc1ccc(OC)cc1)CN2C(=O)OC(C)(C)C. The van der Waals surface area contributed by atoms with E-state index in [1.165, 1.54) is 7.11 Å². The molecule has 41 heavy (non-hydrogen) atoms. The molecular weight excluding hydrogens is 525 g/mol. The van der Waals surface area contributed by atoms with Crippen molar-refractivity contribution >= 4 is 19.2 Å². The molecule has 0 N–H and O–H groups in total. The second-order valence-corrected chi connectivity index (χ2v) is 13.7. The Morgan fingerprint density at radius 2 is 1.66 bits per heavy atom. The molecule has 4 rings (SSSR count). The fourth-order valence-corrected chi connectivity index (χ4v) is 6.87. The summed E-state index contributed by atoms with van der Waals surface area (Å²) >= 11 is 0. The van der Waals surface area contributed by atoms with Gasteiger partial charge >= 0.3 is 19.2 Å². The van der Waals surface area contributed by atoms with Crippen molar-refractivity contribution in [1.29, 1.82) is 0 Å². The van der Waals surface area contributed by atoms with E-state index in [1.54, 1.807) is 12.0 Å². The fraction of sp³-hybridized carbons (Fsp3) is 0.742. The van der Waals surface area contributed by atoms with Gasteiger partial charge in [-0.2, -0.15) is 0 Å². The van der Waals surface area contributed by atoms with E-state index in [1.807, 2.05) is 72.7 Å². The zero-order valence-electron chi connectivity index (χ0n) is 26.3. The lowest BCUT2D eigenvalue weighted by Crippen LogP contribution is -2.60. The van der Waals surface area contributed by atoms with Crippen LogP contribution in [0.1, 0.15) is 86.1 Å². The summed E-state index contributed by atoms with van der Waals surface area (Å²) in [5.41, 5.74) is -2.38. The molecule has 2 aliphatic heterocycles. The monoisotopic (exact) mass is 573 g/mol. The Morgan fingerprint density at radius 3 is 2.22 bits per heavy atom. The highest BCUT2D eigenvalue weighted by atomic mass is 16.7. The van der Waals surface area contributed by atoms with Crippen molar-refractivity contribution in [2.45, 2.75) is 122 Å². The van der Waals surface area contributed by atoms with Crippen molar-refractivity contribution in [3.8, 4) is 5.75 Å². The molecule has 3 atom stereocenters. The van der Waals surface area contributed by atoms with Crippen LogP contribution in [0.5, 0.6) is 5.75 Å². The molecule has 3 aliphatic rings. The number of ether oxygens (including phenoxy) is 4. The smallest absolute Gasteiger partial charge is 0.457 e. The number of benzene rings is 1. The van der Waals surface area contributed by atoms with Crippen molar-refractivity contribution in [2.75, 3.05) is 20.8 Å². The number of esters is 1. The predicted octanol–water partition coefficient (Wildman–Crippen LogP) is 5.79. The largest absolute Gasteiger partial charge is 0.497 e. The highest BCUT2D eigenvalue weighted by Gasteiger charge is 2.72. The van der Waals surface area contributed by atoms with Crippen LogP contribution in [0.15, 0.2) is 24.3 Å². The van der Waals surface area contributed by atoms with Gasteiger partial charge in [0.15, 0.2) is 5.54 Å². The second-order valence-electron chi connectivity index (χ2n) is 13.7. The van der Waals surface area contributed by atoms with E-state index in [2.05, 4.69) is 0 Å². The van der Waals surface area contributed by atoms with Gasteiger partial charge in [-0.25, -0.2) is 9.59 Å². The van der Waals surface area contributed by atoms with E-state index in [9.17, 15) is 9.59 Å². The minimum atomic E-state index is -1.18. The molecule has 10 heteroatoms. The molecule has 9 nitrogen and oxygen atoms in total. The van der Waals surface area contributed by atoms with Crippen LogP contribution in [0.2, 0.25) is 6.32 Å². The number of hydrogen-bond acceptors (Lipinski definition) is 8. The Labute approximate surface area is 245 Å². The van der Waals surface area contributed by atoms with Gasteiger partial charge < -0.3 is 28.3 Å². The Kier molecular flexibility index (Phi) is 8.81. The average molecular weight is 574 g/mol. The van der Waals surface area contributed by atoms with E-state index < -0.39 is 45.9 Å². The molecule has 0 bridgehead atoms. The quantitative estimate of drug-likeness (QED) is 0.271. The van der Waals surface area contributed by atoms with Gasteiger partial charge in [0.05, 0.1) is 44.7 Å². The Morgan fingerprint density at radius 1 is 1.02 bits per heavy atom. The van der Waals surface area contributed by atoms with Crippen molar-refractivity contribution in [3.05, 3.63) is 29.8 Å². The van der Waals surface area contributed by atoms with Gasteiger partial charge in [0.25, 0.3) is 0 Å². The van der Waals surface area contributed by atoms with Gasteiger partial charge in [-0.15, -0.1) is 0 Å². The summed E-state index contributed by atoms with van der Waals surface area (Å²) in [6.07, 6.45) is 3.15. The number of carbonyl (C=O) groups is 2. The second kappa shape index (κ2) is 11.4. The maximum Gasteiger partial charge on any atom is 0.457 e. The first-order valence-electron chi connectivity index (χ1n) is 14.8. The van der Waals surface area contributed by atoms with Crippen LogP contribution in [-0.2, 0) is 34.9 Å². The van der Waals surface area contributed by atoms with E-state index in [0.717, 1.165) is 30.6 Å². The highest BCUT2D eigenvalue weighted by Crippen LogP contribution is 2.61. The third-order valence-corrected chi connectivity index (χ3v) is 9.52. The molecule has 1 unspecified atom stereocenters. The molecule has 228 valence electrons. The zero-order valence-corrected chi connectivity index (χ0v) is 26.3. The van der Waals surface area contributed by atoms with E-state index in [-0.39, 0.29) is 13.7 Å². The summed E-state index contributed by atoms with van der Waals surface area (Å²) in [6, 6.07) is 7.73. The summed E-state index contributed by atoms with van der Waals surface area (Å²) in [5, 5.41) is 0. The van der Waals surface area contributed by atoms with Crippen molar-refractivity contribution in [3.63, 3.8) is 0 Å². The van der Waals surface area contributed by atoms with Gasteiger partial charge in [-0.3, -0.25) is 4.90 Å². The first kappa shape index (κ1) is 31.6. The van der Waals surface area contributed by atoms with E-state index >= 15 is 0 Å². The van der Waals surface area contributed by atoms with Crippen molar-refractivity contribution in [1.82, 2.24) is 4.90 Å². The first-order chi connectivity index (χ1) is 19.1. The Bertz CT molecular complexity index is 1080. The van der Waals surface area contributed by atoms with Gasteiger partial charge in [0.2, 0.25) is 0 Å². The lowest BCUT2D eigenvalue weighted by Gasteiger charge is -2.44. The number of likely N-dealkylation sites (tertiary alicyclic amines) is 1. The third-order valence-electron chi connectivity index (χ3n) is 9.52. The number of amides is 1. The summed E-state index contributed by atoms with van der Waals surface area (Å²) < 4.78 is 35.7. The van der Waals surface area contributed by atoms with E-state index in [4.69, 9.17) is 28.3 Å². The average Bonchev–Trinajstić information content (AvgIpc) is 3.46. The van der Waals surface area contributed by atoms with Crippen LogP contribution in [0.3, 0.4) is 0 Å². The van der Waals surface area contributed by atoms with Crippen LogP contribution in [0, 0.1) is 5.41 Å². The number of nitrogens with zero attached hydrogens (tertiary/aromatic N) is 1. The number of fused-ring (bicyclic) bond motifs is 1. The van der Waals surface area contributed by atoms with Gasteiger partial charge in [-0.1, -0.05) is 18.6 Å². The predicted molar refractivity (Wildman–Crippen MR) is 156 cm³/mol. The molecule has 1 aliphatic carbocycles. The third kappa shape index (κ3) is 5.84. The lowest BCUT2D eigenvalue weighted by molar-refractivity contribution is -0.161. The molecule has 0 radical (unpaired) electrons. The lowest BCUT2D eigenvalue weighted by atomic mass is 9.66. The van der Waals surface area contributed by atoms with Crippen LogP contribution >= 0.6 is 0 Å². The van der Waals surface area contributed by atoms with Crippen molar-refractivity contribution in [2.24, 2.45) is 5.41 Å². The van der Waals surface area contributed by atoms with Crippen LogP contribution < -0.4 is 4.74 Å². The molecule has 1 amide bonds. The molecule has 3 fully saturated rings. The summed E-state index contributed by atoms with van der Waals surface area (Å²) in [6.45, 7) is 14.3. The van der Waals surface area contributed by atoms with Gasteiger partial charge in [0.1, 0.15) is 11.4 Å². The Balaban J connectivity index is 1.63. The fourth-order valence-electron chi connectivity index (χ4n) is 6.87. The molecular formula is C31H48BNO8. The molecule has 2 saturated heterocycles. The number of carbonyl (C=O) groups excluding carboxylic acids is 2. The molecule has 2 heterocycles. The Hall–Kier alpha value is -2.30. The van der Waals surface area contributed by atoms with Crippen molar-refractivity contribution < 1.29 is 37.8 Å². The molecule has 1 saturated carbocycles. The van der Waals surface area contributed by atoms with Crippen LogP contribution in [0.25, 0.3) is 0 Å². The zero-order chi connectivity index (χ0) is 30.3. The van der Waals surface area contributed by atoms with Crippen LogP contribution in [0.4, 0.5) is 4.79 Å². The molecule has 0 aromatic heterocycles. The number of rotatable bonds is 9. The van der Waals surface area contributed by atoms with Crippen LogP contribution in [-0.4, -0.2) is 73.3 Å². The number of hydrogen-bond donors (Lipinski definition) is 0. The maximum absolute atomic E-state index is 13.8.